The number of nitrogens with one attached hydrogen (secondary N) is 1. The minimum atomic E-state index is -0.376. The molecule has 0 saturated carbocycles. The van der Waals surface area contributed by atoms with Gasteiger partial charge in [0, 0.05) is 48.1 Å². The maximum atomic E-state index is 12.6. The quantitative estimate of drug-likeness (QED) is 0.811. The van der Waals surface area contributed by atoms with E-state index in [9.17, 15) is 9.59 Å². The Morgan fingerprint density at radius 3 is 2.52 bits per heavy atom. The summed E-state index contributed by atoms with van der Waals surface area (Å²) in [7, 11) is 0. The summed E-state index contributed by atoms with van der Waals surface area (Å²) >= 11 is 6.01. The van der Waals surface area contributed by atoms with Gasteiger partial charge in [-0.15, -0.1) is 0 Å². The van der Waals surface area contributed by atoms with Crippen LogP contribution in [-0.4, -0.2) is 31.4 Å². The summed E-state index contributed by atoms with van der Waals surface area (Å²) in [4.78, 5) is 28.8. The molecule has 1 heterocycles. The number of anilines is 3. The van der Waals surface area contributed by atoms with Gasteiger partial charge in [-0.05, 0) is 56.3 Å². The fourth-order valence-electron chi connectivity index (χ4n) is 3.37. The number of rotatable bonds is 6. The smallest absolute Gasteiger partial charge is 0.229 e. The van der Waals surface area contributed by atoms with Gasteiger partial charge < -0.3 is 15.1 Å². The molecule has 27 heavy (non-hydrogen) atoms. The molecule has 142 valence electrons. The second kappa shape index (κ2) is 8.44. The van der Waals surface area contributed by atoms with Gasteiger partial charge in [-0.1, -0.05) is 17.7 Å². The van der Waals surface area contributed by atoms with Crippen molar-refractivity contribution in [2.24, 2.45) is 5.92 Å². The first-order valence-electron chi connectivity index (χ1n) is 9.23. The number of hydrogen-bond donors (Lipinski definition) is 1. The van der Waals surface area contributed by atoms with Crippen LogP contribution in [0.2, 0.25) is 5.02 Å². The maximum Gasteiger partial charge on any atom is 0.229 e. The summed E-state index contributed by atoms with van der Waals surface area (Å²) in [6, 6.07) is 14.9. The van der Waals surface area contributed by atoms with Crippen LogP contribution in [0.25, 0.3) is 0 Å². The van der Waals surface area contributed by atoms with Crippen LogP contribution in [0.15, 0.2) is 48.5 Å². The summed E-state index contributed by atoms with van der Waals surface area (Å²) < 4.78 is 0. The van der Waals surface area contributed by atoms with Gasteiger partial charge in [-0.2, -0.15) is 0 Å². The van der Waals surface area contributed by atoms with Crippen molar-refractivity contribution in [2.75, 3.05) is 34.8 Å². The highest BCUT2D eigenvalue weighted by atomic mass is 35.5. The van der Waals surface area contributed by atoms with E-state index in [1.54, 1.807) is 23.1 Å². The van der Waals surface area contributed by atoms with Crippen molar-refractivity contribution in [1.29, 1.82) is 0 Å². The topological polar surface area (TPSA) is 52.7 Å². The Labute approximate surface area is 164 Å². The highest BCUT2D eigenvalue weighted by molar-refractivity contribution is 6.31. The lowest BCUT2D eigenvalue weighted by atomic mass is 10.1. The second-order valence-corrected chi connectivity index (χ2v) is 7.03. The Morgan fingerprint density at radius 1 is 1.19 bits per heavy atom. The molecule has 1 aliphatic rings. The highest BCUT2D eigenvalue weighted by Gasteiger charge is 2.35. The third-order valence-corrected chi connectivity index (χ3v) is 5.11. The van der Waals surface area contributed by atoms with Crippen molar-refractivity contribution in [3.8, 4) is 0 Å². The summed E-state index contributed by atoms with van der Waals surface area (Å²) in [5.41, 5.74) is 2.59. The van der Waals surface area contributed by atoms with Gasteiger partial charge >= 0.3 is 0 Å². The van der Waals surface area contributed by atoms with Crippen molar-refractivity contribution in [1.82, 2.24) is 0 Å². The minimum Gasteiger partial charge on any atom is -0.372 e. The average Bonchev–Trinajstić information content (AvgIpc) is 3.06. The van der Waals surface area contributed by atoms with Crippen molar-refractivity contribution in [2.45, 2.75) is 20.3 Å². The van der Waals surface area contributed by atoms with Crippen LogP contribution < -0.4 is 15.1 Å². The van der Waals surface area contributed by atoms with Crippen LogP contribution >= 0.6 is 11.6 Å². The zero-order valence-electron chi connectivity index (χ0n) is 15.6. The second-order valence-electron chi connectivity index (χ2n) is 6.59. The van der Waals surface area contributed by atoms with E-state index < -0.39 is 0 Å². The predicted molar refractivity (Wildman–Crippen MR) is 111 cm³/mol. The number of amides is 2. The lowest BCUT2D eigenvalue weighted by Crippen LogP contribution is -2.28. The molecule has 0 spiro atoms. The van der Waals surface area contributed by atoms with Crippen molar-refractivity contribution in [3.05, 3.63) is 53.6 Å². The van der Waals surface area contributed by atoms with Gasteiger partial charge in [-0.3, -0.25) is 9.59 Å². The number of benzene rings is 2. The molecule has 5 nitrogen and oxygen atoms in total. The molecule has 6 heteroatoms. The first-order chi connectivity index (χ1) is 13.0. The molecule has 1 saturated heterocycles. The Morgan fingerprint density at radius 2 is 1.89 bits per heavy atom. The molecule has 2 aromatic carbocycles. The standard InChI is InChI=1S/C21H24ClN3O2/c1-3-24(4-2)18-10-8-17(9-11-18)23-21(27)15-12-20(26)25(14-15)19-7-5-6-16(22)13-19/h5-11,13,15H,3-4,12,14H2,1-2H3,(H,23,27). The largest absolute Gasteiger partial charge is 0.372 e. The van der Waals surface area contributed by atoms with Crippen molar-refractivity contribution >= 4 is 40.5 Å². The monoisotopic (exact) mass is 385 g/mol. The van der Waals surface area contributed by atoms with Gasteiger partial charge in [0.2, 0.25) is 11.8 Å². The zero-order valence-corrected chi connectivity index (χ0v) is 16.4. The van der Waals surface area contributed by atoms with E-state index in [0.29, 0.717) is 11.6 Å². The lowest BCUT2D eigenvalue weighted by Gasteiger charge is -2.21. The first kappa shape index (κ1) is 19.2. The molecule has 1 atom stereocenters. The van der Waals surface area contributed by atoms with Gasteiger partial charge in [-0.25, -0.2) is 0 Å². The molecule has 0 bridgehead atoms. The van der Waals surface area contributed by atoms with E-state index in [1.165, 1.54) is 0 Å². The molecule has 0 radical (unpaired) electrons. The van der Waals surface area contributed by atoms with E-state index in [-0.39, 0.29) is 24.2 Å². The Bertz CT molecular complexity index is 818. The SMILES string of the molecule is CCN(CC)c1ccc(NC(=O)C2CC(=O)N(c3cccc(Cl)c3)C2)cc1. The molecule has 1 fully saturated rings. The molecular formula is C21H24ClN3O2. The number of halogens is 1. The van der Waals surface area contributed by atoms with E-state index in [4.69, 9.17) is 11.6 Å². The van der Waals surface area contributed by atoms with Crippen molar-refractivity contribution in [3.63, 3.8) is 0 Å². The molecule has 1 unspecified atom stereocenters. The first-order valence-corrected chi connectivity index (χ1v) is 9.61. The minimum absolute atomic E-state index is 0.0608. The summed E-state index contributed by atoms with van der Waals surface area (Å²) in [5.74, 6) is -0.572. The van der Waals surface area contributed by atoms with Crippen LogP contribution in [0.5, 0.6) is 0 Å². The predicted octanol–water partition coefficient (Wildman–Crippen LogP) is 4.18. The van der Waals surface area contributed by atoms with E-state index in [2.05, 4.69) is 24.1 Å². The number of carbonyl (C=O) groups excluding carboxylic acids is 2. The van der Waals surface area contributed by atoms with Crippen molar-refractivity contribution < 1.29 is 9.59 Å². The van der Waals surface area contributed by atoms with Crippen LogP contribution in [0, 0.1) is 5.92 Å². The highest BCUT2D eigenvalue weighted by Crippen LogP contribution is 2.28. The Hall–Kier alpha value is -2.53. The van der Waals surface area contributed by atoms with Gasteiger partial charge in [0.25, 0.3) is 0 Å². The summed E-state index contributed by atoms with van der Waals surface area (Å²) in [6.07, 6.45) is 0.204. The summed E-state index contributed by atoms with van der Waals surface area (Å²) in [6.45, 7) is 6.46. The fraction of sp³-hybridized carbons (Fsp3) is 0.333. The summed E-state index contributed by atoms with van der Waals surface area (Å²) in [5, 5.41) is 3.50. The average molecular weight is 386 g/mol. The van der Waals surface area contributed by atoms with E-state index in [1.807, 2.05) is 30.3 Å². The molecular weight excluding hydrogens is 362 g/mol. The molecule has 1 aliphatic heterocycles. The van der Waals surface area contributed by atoms with Gasteiger partial charge in [0.05, 0.1) is 5.92 Å². The number of carbonyl (C=O) groups is 2. The van der Waals surface area contributed by atoms with E-state index in [0.717, 1.165) is 30.2 Å². The van der Waals surface area contributed by atoms with Crippen LogP contribution in [-0.2, 0) is 9.59 Å². The Kier molecular flexibility index (Phi) is 6.01. The third-order valence-electron chi connectivity index (χ3n) is 4.88. The van der Waals surface area contributed by atoms with Gasteiger partial charge in [0.1, 0.15) is 0 Å². The van der Waals surface area contributed by atoms with Crippen LogP contribution in [0.4, 0.5) is 17.1 Å². The normalized spacial score (nSPS) is 16.5. The fourth-order valence-corrected chi connectivity index (χ4v) is 3.55. The molecule has 0 aliphatic carbocycles. The van der Waals surface area contributed by atoms with Crippen LogP contribution in [0.3, 0.4) is 0 Å². The third kappa shape index (κ3) is 4.42. The van der Waals surface area contributed by atoms with E-state index >= 15 is 0 Å². The zero-order chi connectivity index (χ0) is 19.4. The molecule has 0 aromatic heterocycles. The molecule has 1 N–H and O–H groups in total. The lowest BCUT2D eigenvalue weighted by molar-refractivity contribution is -0.122. The van der Waals surface area contributed by atoms with Gasteiger partial charge in [0.15, 0.2) is 0 Å². The number of hydrogen-bond acceptors (Lipinski definition) is 3. The maximum absolute atomic E-state index is 12.6. The Balaban J connectivity index is 1.64. The molecule has 2 aromatic rings. The molecule has 3 rings (SSSR count). The number of nitrogens with zero attached hydrogens (tertiary/aromatic N) is 2. The van der Waals surface area contributed by atoms with Crippen LogP contribution in [0.1, 0.15) is 20.3 Å². The molecule has 2 amide bonds.